The number of nitrogens with zero attached hydrogens (tertiary/aromatic N) is 2. The fraction of sp³-hybridized carbons (Fsp3) is 0.600. The lowest BCUT2D eigenvalue weighted by Gasteiger charge is -2.10. The molecule has 0 radical (unpaired) electrons. The Kier molecular flexibility index (Phi) is 7.65. The second-order valence-electron chi connectivity index (χ2n) is 5.17. The van der Waals surface area contributed by atoms with Crippen molar-refractivity contribution >= 4 is 17.4 Å². The van der Waals surface area contributed by atoms with Gasteiger partial charge in [0.25, 0.3) is 0 Å². The molecule has 0 bridgehead atoms. The van der Waals surface area contributed by atoms with Crippen LogP contribution in [0.1, 0.15) is 32.6 Å². The van der Waals surface area contributed by atoms with E-state index in [1.165, 1.54) is 0 Å². The molecule has 0 aliphatic carbocycles. The van der Waals surface area contributed by atoms with Crippen molar-refractivity contribution in [3.8, 4) is 0 Å². The summed E-state index contributed by atoms with van der Waals surface area (Å²) in [4.78, 5) is 18.0. The number of hydrogen-bond donors (Lipinski definition) is 2. The summed E-state index contributed by atoms with van der Waals surface area (Å²) in [5.41, 5.74) is 0.755. The van der Waals surface area contributed by atoms with E-state index in [1.54, 1.807) is 6.20 Å². The predicted octanol–water partition coefficient (Wildman–Crippen LogP) is 2.57. The monoisotopic (exact) mass is 278 g/mol. The van der Waals surface area contributed by atoms with Gasteiger partial charge in [0.2, 0.25) is 5.91 Å². The zero-order chi connectivity index (χ0) is 14.8. The first-order valence-corrected chi connectivity index (χ1v) is 7.26. The summed E-state index contributed by atoms with van der Waals surface area (Å²) in [5.74, 6) is 0.899. The number of rotatable bonds is 9. The van der Waals surface area contributed by atoms with Crippen LogP contribution in [0.4, 0.5) is 11.5 Å². The maximum Gasteiger partial charge on any atom is 0.224 e. The Morgan fingerprint density at radius 3 is 2.70 bits per heavy atom. The summed E-state index contributed by atoms with van der Waals surface area (Å²) in [5, 5.41) is 6.11. The Hall–Kier alpha value is -1.62. The van der Waals surface area contributed by atoms with E-state index in [9.17, 15) is 4.79 Å². The van der Waals surface area contributed by atoms with E-state index in [0.717, 1.165) is 43.9 Å². The van der Waals surface area contributed by atoms with Gasteiger partial charge in [-0.2, -0.15) is 0 Å². The lowest BCUT2D eigenvalue weighted by atomic mass is 10.2. The SMILES string of the molecule is CCCCC(=O)Nc1ccc(NCCCN(C)C)nc1. The highest BCUT2D eigenvalue weighted by Crippen LogP contribution is 2.10. The van der Waals surface area contributed by atoms with Gasteiger partial charge in [-0.25, -0.2) is 4.98 Å². The molecule has 0 aromatic carbocycles. The second kappa shape index (κ2) is 9.31. The van der Waals surface area contributed by atoms with Crippen molar-refractivity contribution in [2.45, 2.75) is 32.6 Å². The molecule has 1 heterocycles. The Labute approximate surface area is 121 Å². The maximum atomic E-state index is 11.6. The highest BCUT2D eigenvalue weighted by atomic mass is 16.1. The molecule has 20 heavy (non-hydrogen) atoms. The molecule has 0 saturated carbocycles. The molecule has 1 amide bonds. The number of anilines is 2. The molecular weight excluding hydrogens is 252 g/mol. The average Bonchev–Trinajstić information content (AvgIpc) is 2.43. The van der Waals surface area contributed by atoms with Crippen LogP contribution in [0.5, 0.6) is 0 Å². The molecule has 1 aromatic heterocycles. The molecule has 2 N–H and O–H groups in total. The van der Waals surface area contributed by atoms with Crippen LogP contribution in [0, 0.1) is 0 Å². The van der Waals surface area contributed by atoms with Crippen molar-refractivity contribution in [1.29, 1.82) is 0 Å². The number of nitrogens with one attached hydrogen (secondary N) is 2. The average molecular weight is 278 g/mol. The Morgan fingerprint density at radius 1 is 1.30 bits per heavy atom. The van der Waals surface area contributed by atoms with Gasteiger partial charge in [0, 0.05) is 13.0 Å². The molecule has 1 aromatic rings. The van der Waals surface area contributed by atoms with Gasteiger partial charge >= 0.3 is 0 Å². The van der Waals surface area contributed by atoms with Crippen molar-refractivity contribution < 1.29 is 4.79 Å². The number of unbranched alkanes of at least 4 members (excludes halogenated alkanes) is 1. The van der Waals surface area contributed by atoms with Crippen molar-refractivity contribution in [2.75, 3.05) is 37.8 Å². The second-order valence-corrected chi connectivity index (χ2v) is 5.17. The summed E-state index contributed by atoms with van der Waals surface area (Å²) in [6, 6.07) is 3.77. The van der Waals surface area contributed by atoms with Crippen LogP contribution < -0.4 is 10.6 Å². The summed E-state index contributed by atoms with van der Waals surface area (Å²) in [6.07, 6.45) is 5.29. The van der Waals surface area contributed by atoms with Crippen LogP contribution in [0.15, 0.2) is 18.3 Å². The highest BCUT2D eigenvalue weighted by Gasteiger charge is 2.02. The Balaban J connectivity index is 2.31. The minimum absolute atomic E-state index is 0.0559. The molecule has 0 spiro atoms. The molecule has 1 rings (SSSR count). The number of amides is 1. The van der Waals surface area contributed by atoms with Gasteiger partial charge in [0.1, 0.15) is 5.82 Å². The van der Waals surface area contributed by atoms with Crippen LogP contribution in [0.2, 0.25) is 0 Å². The molecule has 0 fully saturated rings. The van der Waals surface area contributed by atoms with Gasteiger partial charge in [-0.3, -0.25) is 4.79 Å². The number of aromatic nitrogens is 1. The van der Waals surface area contributed by atoms with Gasteiger partial charge in [-0.1, -0.05) is 13.3 Å². The van der Waals surface area contributed by atoms with Gasteiger partial charge < -0.3 is 15.5 Å². The molecule has 112 valence electrons. The Morgan fingerprint density at radius 2 is 2.10 bits per heavy atom. The normalized spacial score (nSPS) is 10.6. The third-order valence-corrected chi connectivity index (χ3v) is 2.89. The van der Waals surface area contributed by atoms with Crippen molar-refractivity contribution in [3.05, 3.63) is 18.3 Å². The van der Waals surface area contributed by atoms with E-state index in [4.69, 9.17) is 0 Å². The van der Waals surface area contributed by atoms with Crippen molar-refractivity contribution in [1.82, 2.24) is 9.88 Å². The van der Waals surface area contributed by atoms with Gasteiger partial charge in [0.15, 0.2) is 0 Å². The Bertz CT molecular complexity index is 389. The zero-order valence-corrected chi connectivity index (χ0v) is 12.8. The van der Waals surface area contributed by atoms with E-state index < -0.39 is 0 Å². The quantitative estimate of drug-likeness (QED) is 0.682. The van der Waals surface area contributed by atoms with Crippen LogP contribution >= 0.6 is 0 Å². The minimum atomic E-state index is 0.0559. The summed E-state index contributed by atoms with van der Waals surface area (Å²) in [6.45, 7) is 4.03. The van der Waals surface area contributed by atoms with Crippen LogP contribution in [-0.4, -0.2) is 43.0 Å². The lowest BCUT2D eigenvalue weighted by molar-refractivity contribution is -0.116. The van der Waals surface area contributed by atoms with Crippen LogP contribution in [0.25, 0.3) is 0 Å². The van der Waals surface area contributed by atoms with E-state index >= 15 is 0 Å². The topological polar surface area (TPSA) is 57.3 Å². The van der Waals surface area contributed by atoms with Gasteiger partial charge in [-0.05, 0) is 45.6 Å². The smallest absolute Gasteiger partial charge is 0.224 e. The number of hydrogen-bond acceptors (Lipinski definition) is 4. The standard InChI is InChI=1S/C15H26N4O/c1-4-5-7-15(20)18-13-8-9-14(17-12-13)16-10-6-11-19(2)3/h8-9,12H,4-7,10-11H2,1-3H3,(H,16,17)(H,18,20). The molecular formula is C15H26N4O. The zero-order valence-electron chi connectivity index (χ0n) is 12.8. The van der Waals surface area contributed by atoms with E-state index in [-0.39, 0.29) is 5.91 Å². The van der Waals surface area contributed by atoms with Gasteiger partial charge in [-0.15, -0.1) is 0 Å². The number of pyridine rings is 1. The molecule has 0 aliphatic rings. The third-order valence-electron chi connectivity index (χ3n) is 2.89. The first kappa shape index (κ1) is 16.4. The maximum absolute atomic E-state index is 11.6. The largest absolute Gasteiger partial charge is 0.370 e. The number of carbonyl (C=O) groups excluding carboxylic acids is 1. The predicted molar refractivity (Wildman–Crippen MR) is 84.1 cm³/mol. The molecule has 0 aliphatic heterocycles. The lowest BCUT2D eigenvalue weighted by Crippen LogP contribution is -2.16. The first-order valence-electron chi connectivity index (χ1n) is 7.26. The summed E-state index contributed by atoms with van der Waals surface area (Å²) in [7, 11) is 4.13. The first-order chi connectivity index (χ1) is 9.61. The van der Waals surface area contributed by atoms with Crippen molar-refractivity contribution in [3.63, 3.8) is 0 Å². The number of carbonyl (C=O) groups is 1. The molecule has 5 nitrogen and oxygen atoms in total. The molecule has 0 atom stereocenters. The van der Waals surface area contributed by atoms with Gasteiger partial charge in [0.05, 0.1) is 11.9 Å². The molecule has 0 saturated heterocycles. The van der Waals surface area contributed by atoms with E-state index in [2.05, 4.69) is 41.5 Å². The highest BCUT2D eigenvalue weighted by molar-refractivity contribution is 5.90. The molecule has 5 heteroatoms. The summed E-state index contributed by atoms with van der Waals surface area (Å²) >= 11 is 0. The minimum Gasteiger partial charge on any atom is -0.370 e. The van der Waals surface area contributed by atoms with Crippen LogP contribution in [0.3, 0.4) is 0 Å². The van der Waals surface area contributed by atoms with E-state index in [0.29, 0.717) is 6.42 Å². The fourth-order valence-electron chi connectivity index (χ4n) is 1.74. The van der Waals surface area contributed by atoms with Crippen LogP contribution in [-0.2, 0) is 4.79 Å². The third kappa shape index (κ3) is 7.09. The van der Waals surface area contributed by atoms with Crippen molar-refractivity contribution in [2.24, 2.45) is 0 Å². The van der Waals surface area contributed by atoms with E-state index in [1.807, 2.05) is 12.1 Å². The molecule has 0 unspecified atom stereocenters. The summed E-state index contributed by atoms with van der Waals surface area (Å²) < 4.78 is 0. The fourth-order valence-corrected chi connectivity index (χ4v) is 1.74.